The smallest absolute Gasteiger partial charge is 0.159 e. The normalized spacial score (nSPS) is 11.7. The molecule has 0 spiro atoms. The van der Waals surface area contributed by atoms with Gasteiger partial charge in [0, 0.05) is 44.0 Å². The summed E-state index contributed by atoms with van der Waals surface area (Å²) in [6.07, 6.45) is 1.87. The molecule has 0 saturated carbocycles. The Kier molecular flexibility index (Phi) is 11.0. The summed E-state index contributed by atoms with van der Waals surface area (Å²) >= 11 is 0. The van der Waals surface area contributed by atoms with Crippen molar-refractivity contribution in [3.05, 3.63) is 247 Å². The number of para-hydroxylation sites is 3. The SMILES string of the molecule is CCc1ccccc1-c1cccc(-c2cccc(N(c3cccc(C)c3)c3ccc4ccc5c(N(c6cccc(C)c6)c6cccc7c6oc6c(-c8ccccc8CC)cccc67)ccc6ccc3c4c65)c2O)c1. The number of hydrogen-bond acceptors (Lipinski definition) is 4. The van der Waals surface area contributed by atoms with Crippen LogP contribution in [0.15, 0.2) is 229 Å². The lowest BCUT2D eigenvalue weighted by Gasteiger charge is -2.30. The molecule has 13 rings (SSSR count). The van der Waals surface area contributed by atoms with Crippen LogP contribution in [0.2, 0.25) is 0 Å². The van der Waals surface area contributed by atoms with Gasteiger partial charge in [0.15, 0.2) is 5.58 Å². The van der Waals surface area contributed by atoms with Gasteiger partial charge in [-0.05, 0) is 147 Å². The Morgan fingerprint density at radius 1 is 0.365 bits per heavy atom. The van der Waals surface area contributed by atoms with E-state index in [2.05, 4.69) is 250 Å². The quantitative estimate of drug-likeness (QED) is 0.131. The number of phenolic OH excluding ortho intramolecular Hbond substituents is 1. The second-order valence-corrected chi connectivity index (χ2v) is 19.7. The Morgan fingerprint density at radius 3 is 1.47 bits per heavy atom. The van der Waals surface area contributed by atoms with Crippen LogP contribution in [0.3, 0.4) is 0 Å². The van der Waals surface area contributed by atoms with Crippen LogP contribution in [-0.4, -0.2) is 5.11 Å². The molecule has 0 radical (unpaired) electrons. The zero-order valence-corrected chi connectivity index (χ0v) is 42.0. The first-order valence-corrected chi connectivity index (χ1v) is 25.8. The van der Waals surface area contributed by atoms with Gasteiger partial charge in [-0.15, -0.1) is 0 Å². The van der Waals surface area contributed by atoms with E-state index in [1.165, 1.54) is 38.6 Å². The number of anilines is 6. The standard InChI is InChI=1S/C70H54N2O2/c1-5-46-19-7-9-25-54(46)50-21-13-22-51(43-50)56-27-15-31-64(68(56)73)71(52-23-11-17-44(3)41-52)62-39-35-48-34-38-61-63(40-36-49-33-37-60(62)66(48)67(49)61)72(53-24-12-18-45(4)42-53)65-32-16-30-59-58-29-14-28-57(69(58)74-70(59)65)55-26-10-8-20-47(55)6-2/h7-43,73H,5-6H2,1-4H3. The first kappa shape index (κ1) is 44.8. The highest BCUT2D eigenvalue weighted by molar-refractivity contribution is 6.28. The van der Waals surface area contributed by atoms with Crippen LogP contribution in [0.5, 0.6) is 5.75 Å². The lowest BCUT2D eigenvalue weighted by atomic mass is 9.91. The molecule has 13 aromatic rings. The van der Waals surface area contributed by atoms with Crippen LogP contribution in [0.4, 0.5) is 34.1 Å². The molecule has 12 aromatic carbocycles. The summed E-state index contributed by atoms with van der Waals surface area (Å²) in [5.74, 6) is 0.221. The van der Waals surface area contributed by atoms with E-state index in [4.69, 9.17) is 4.42 Å². The van der Waals surface area contributed by atoms with Gasteiger partial charge in [0.2, 0.25) is 0 Å². The predicted molar refractivity (Wildman–Crippen MR) is 313 cm³/mol. The number of benzene rings is 12. The molecule has 0 aliphatic rings. The molecule has 4 heteroatoms. The van der Waals surface area contributed by atoms with E-state index in [1.807, 2.05) is 12.1 Å². The molecule has 1 N–H and O–H groups in total. The maximum atomic E-state index is 12.7. The van der Waals surface area contributed by atoms with Crippen molar-refractivity contribution < 1.29 is 9.52 Å². The third-order valence-electron chi connectivity index (χ3n) is 15.2. The summed E-state index contributed by atoms with van der Waals surface area (Å²) in [6.45, 7) is 8.69. The Bertz CT molecular complexity index is 4300. The molecule has 0 bridgehead atoms. The van der Waals surface area contributed by atoms with Gasteiger partial charge in [-0.25, -0.2) is 0 Å². The second kappa shape index (κ2) is 18.2. The number of aryl methyl sites for hydroxylation is 4. The summed E-state index contributed by atoms with van der Waals surface area (Å²) in [5, 5.41) is 21.7. The zero-order chi connectivity index (χ0) is 50.0. The molecule has 0 atom stereocenters. The number of phenols is 1. The summed E-state index contributed by atoms with van der Waals surface area (Å²) in [5.41, 5.74) is 18.7. The first-order chi connectivity index (χ1) is 36.4. The minimum atomic E-state index is 0.221. The van der Waals surface area contributed by atoms with Gasteiger partial charge in [0.1, 0.15) is 11.3 Å². The van der Waals surface area contributed by atoms with Crippen molar-refractivity contribution in [3.8, 4) is 39.1 Å². The van der Waals surface area contributed by atoms with Crippen LogP contribution in [0.1, 0.15) is 36.1 Å². The fourth-order valence-corrected chi connectivity index (χ4v) is 11.7. The maximum absolute atomic E-state index is 12.7. The maximum Gasteiger partial charge on any atom is 0.159 e. The third-order valence-corrected chi connectivity index (χ3v) is 15.2. The van der Waals surface area contributed by atoms with Crippen LogP contribution in [0, 0.1) is 13.8 Å². The molecule has 0 unspecified atom stereocenters. The lowest BCUT2D eigenvalue weighted by Crippen LogP contribution is -2.12. The fraction of sp³-hybridized carbons (Fsp3) is 0.0857. The molecule has 0 saturated heterocycles. The van der Waals surface area contributed by atoms with E-state index in [1.54, 1.807) is 0 Å². The van der Waals surface area contributed by atoms with E-state index in [-0.39, 0.29) is 5.75 Å². The molecule has 0 aliphatic heterocycles. The largest absolute Gasteiger partial charge is 0.505 e. The van der Waals surface area contributed by atoms with Crippen molar-refractivity contribution in [2.24, 2.45) is 0 Å². The molecule has 0 aliphatic carbocycles. The van der Waals surface area contributed by atoms with Gasteiger partial charge in [0.05, 0.1) is 22.7 Å². The van der Waals surface area contributed by atoms with E-state index < -0.39 is 0 Å². The number of fused-ring (bicyclic) bond motifs is 3. The van der Waals surface area contributed by atoms with Gasteiger partial charge in [0.25, 0.3) is 0 Å². The van der Waals surface area contributed by atoms with Gasteiger partial charge in [-0.3, -0.25) is 0 Å². The molecule has 0 amide bonds. The monoisotopic (exact) mass is 954 g/mol. The number of nitrogens with zero attached hydrogens (tertiary/aromatic N) is 2. The fourth-order valence-electron chi connectivity index (χ4n) is 11.7. The average molecular weight is 955 g/mol. The number of aromatic hydroxyl groups is 1. The Hall–Kier alpha value is -9.12. The Balaban J connectivity index is 1.01. The Morgan fingerprint density at radius 2 is 0.838 bits per heavy atom. The molecular formula is C70H54N2O2. The van der Waals surface area contributed by atoms with Crippen molar-refractivity contribution in [1.82, 2.24) is 0 Å². The number of furan rings is 1. The summed E-state index contributed by atoms with van der Waals surface area (Å²) < 4.78 is 7.20. The van der Waals surface area contributed by atoms with E-state index in [0.717, 1.165) is 113 Å². The van der Waals surface area contributed by atoms with E-state index in [9.17, 15) is 5.11 Å². The van der Waals surface area contributed by atoms with Gasteiger partial charge in [-0.1, -0.05) is 184 Å². The van der Waals surface area contributed by atoms with Crippen LogP contribution in [-0.2, 0) is 12.8 Å². The first-order valence-electron chi connectivity index (χ1n) is 25.8. The molecule has 0 fully saturated rings. The van der Waals surface area contributed by atoms with Gasteiger partial charge in [-0.2, -0.15) is 0 Å². The topological polar surface area (TPSA) is 39.9 Å². The van der Waals surface area contributed by atoms with E-state index >= 15 is 0 Å². The van der Waals surface area contributed by atoms with Crippen molar-refractivity contribution in [2.75, 3.05) is 9.80 Å². The van der Waals surface area contributed by atoms with Crippen LogP contribution >= 0.6 is 0 Å². The minimum Gasteiger partial charge on any atom is -0.505 e. The van der Waals surface area contributed by atoms with Crippen molar-refractivity contribution in [2.45, 2.75) is 40.5 Å². The summed E-state index contributed by atoms with van der Waals surface area (Å²) in [4.78, 5) is 4.63. The summed E-state index contributed by atoms with van der Waals surface area (Å²) in [6, 6.07) is 80.5. The minimum absolute atomic E-state index is 0.221. The van der Waals surface area contributed by atoms with E-state index in [0.29, 0.717) is 5.69 Å². The van der Waals surface area contributed by atoms with Crippen LogP contribution in [0.25, 0.3) is 87.6 Å². The Labute approximate surface area is 432 Å². The highest BCUT2D eigenvalue weighted by atomic mass is 16.3. The van der Waals surface area contributed by atoms with Crippen LogP contribution < -0.4 is 9.80 Å². The lowest BCUT2D eigenvalue weighted by molar-refractivity contribution is 0.478. The molecule has 74 heavy (non-hydrogen) atoms. The van der Waals surface area contributed by atoms with Crippen molar-refractivity contribution in [3.63, 3.8) is 0 Å². The highest BCUT2D eigenvalue weighted by Crippen LogP contribution is 2.52. The number of rotatable bonds is 11. The van der Waals surface area contributed by atoms with Crippen molar-refractivity contribution >= 4 is 88.4 Å². The summed E-state index contributed by atoms with van der Waals surface area (Å²) in [7, 11) is 0. The molecule has 356 valence electrons. The third kappa shape index (κ3) is 7.36. The predicted octanol–water partition coefficient (Wildman–Crippen LogP) is 19.9. The highest BCUT2D eigenvalue weighted by Gasteiger charge is 2.26. The number of hydrogen-bond donors (Lipinski definition) is 1. The van der Waals surface area contributed by atoms with Gasteiger partial charge < -0.3 is 19.3 Å². The second-order valence-electron chi connectivity index (χ2n) is 19.7. The van der Waals surface area contributed by atoms with Gasteiger partial charge >= 0.3 is 0 Å². The zero-order valence-electron chi connectivity index (χ0n) is 42.0. The molecular weight excluding hydrogens is 901 g/mol. The van der Waals surface area contributed by atoms with Crippen molar-refractivity contribution in [1.29, 1.82) is 0 Å². The average Bonchev–Trinajstić information content (AvgIpc) is 3.84. The molecule has 1 aromatic heterocycles. The molecule has 4 nitrogen and oxygen atoms in total. The molecule has 1 heterocycles.